The van der Waals surface area contributed by atoms with Crippen molar-refractivity contribution in [3.63, 3.8) is 0 Å². The number of anilines is 2. The van der Waals surface area contributed by atoms with Gasteiger partial charge in [-0.15, -0.1) is 0 Å². The smallest absolute Gasteiger partial charge is 0.416 e. The van der Waals surface area contributed by atoms with Crippen molar-refractivity contribution >= 4 is 17.5 Å². The molecule has 0 aliphatic carbocycles. The third-order valence-electron chi connectivity index (χ3n) is 5.17. The third kappa shape index (κ3) is 4.19. The number of nitrogens with one attached hydrogen (secondary N) is 2. The van der Waals surface area contributed by atoms with Crippen LogP contribution >= 0.6 is 0 Å². The number of amides is 1. The van der Waals surface area contributed by atoms with Gasteiger partial charge in [-0.1, -0.05) is 17.2 Å². The molecule has 12 heteroatoms. The zero-order chi connectivity index (χ0) is 23.8. The quantitative estimate of drug-likeness (QED) is 0.599. The Morgan fingerprint density at radius 2 is 1.85 bits per heavy atom. The van der Waals surface area contributed by atoms with E-state index in [1.165, 1.54) is 31.0 Å². The van der Waals surface area contributed by atoms with Crippen molar-refractivity contribution in [3.05, 3.63) is 64.9 Å². The van der Waals surface area contributed by atoms with Crippen LogP contribution in [-0.4, -0.2) is 40.3 Å². The van der Waals surface area contributed by atoms with Crippen molar-refractivity contribution in [2.75, 3.05) is 24.9 Å². The number of alkyl halides is 3. The third-order valence-corrected chi connectivity index (χ3v) is 5.17. The minimum atomic E-state index is -4.48. The summed E-state index contributed by atoms with van der Waals surface area (Å²) >= 11 is 0. The molecule has 4 rings (SSSR count). The number of hydrogen-bond donors (Lipinski definition) is 2. The molecule has 1 aliphatic heterocycles. The number of hydrogen-bond acceptors (Lipinski definition) is 7. The van der Waals surface area contributed by atoms with Gasteiger partial charge in [0.25, 0.3) is 5.91 Å². The normalized spacial score (nSPS) is 15.5. The Morgan fingerprint density at radius 3 is 2.48 bits per heavy atom. The molecular weight excluding hydrogens is 441 g/mol. The van der Waals surface area contributed by atoms with Gasteiger partial charge in [-0.3, -0.25) is 4.79 Å². The lowest BCUT2D eigenvalue weighted by Crippen LogP contribution is -2.31. The van der Waals surface area contributed by atoms with Crippen molar-refractivity contribution in [1.82, 2.24) is 20.2 Å². The Hall–Kier alpha value is -4.09. The van der Waals surface area contributed by atoms with E-state index < -0.39 is 23.7 Å². The van der Waals surface area contributed by atoms with Gasteiger partial charge in [0.05, 0.1) is 31.0 Å². The van der Waals surface area contributed by atoms with Gasteiger partial charge in [0, 0.05) is 11.8 Å². The maximum atomic E-state index is 13.4. The molecule has 0 unspecified atom stereocenters. The first kappa shape index (κ1) is 22.1. The molecule has 1 aromatic heterocycles. The SMILES string of the molecule is COc1ccc(OC)c(NC(=O)C2=C(C)Nc3nnnn3[C@H]2c2ccc(C(F)(F)F)cc2)c1. The standard InChI is InChI=1S/C21H19F3N6O3/c1-11-17(19(31)26-15-10-14(32-2)8-9-16(15)33-3)18(30-20(25-11)27-28-29-30)12-4-6-13(7-5-12)21(22,23)24/h4-10,18H,1-3H3,(H,26,31)(H,25,27,29)/t18-/m0/s1. The molecule has 2 heterocycles. The molecule has 2 N–H and O–H groups in total. The number of aromatic nitrogens is 4. The number of allylic oxidation sites excluding steroid dienone is 1. The van der Waals surface area contributed by atoms with E-state index in [1.807, 2.05) is 0 Å². The van der Waals surface area contributed by atoms with Gasteiger partial charge in [0.1, 0.15) is 17.5 Å². The van der Waals surface area contributed by atoms with Gasteiger partial charge in [-0.25, -0.2) is 0 Å². The van der Waals surface area contributed by atoms with Crippen LogP contribution in [-0.2, 0) is 11.0 Å². The van der Waals surface area contributed by atoms with E-state index in [2.05, 4.69) is 26.2 Å². The van der Waals surface area contributed by atoms with Gasteiger partial charge in [-0.05, 0) is 47.2 Å². The fourth-order valence-corrected chi connectivity index (χ4v) is 3.57. The molecular formula is C21H19F3N6O3. The zero-order valence-electron chi connectivity index (χ0n) is 17.8. The lowest BCUT2D eigenvalue weighted by molar-refractivity contribution is -0.137. The highest BCUT2D eigenvalue weighted by Crippen LogP contribution is 2.37. The Balaban J connectivity index is 1.75. The first-order chi connectivity index (χ1) is 15.7. The van der Waals surface area contributed by atoms with Gasteiger partial charge in [0.2, 0.25) is 5.95 Å². The topological polar surface area (TPSA) is 103 Å². The molecule has 0 fully saturated rings. The molecule has 33 heavy (non-hydrogen) atoms. The molecule has 2 aromatic carbocycles. The maximum Gasteiger partial charge on any atom is 0.416 e. The van der Waals surface area contributed by atoms with Gasteiger partial charge in [0.15, 0.2) is 0 Å². The lowest BCUT2D eigenvalue weighted by Gasteiger charge is -2.28. The molecule has 172 valence electrons. The Labute approximate surface area is 186 Å². The summed E-state index contributed by atoms with van der Waals surface area (Å²) in [6.45, 7) is 1.66. The van der Waals surface area contributed by atoms with E-state index in [0.29, 0.717) is 28.4 Å². The van der Waals surface area contributed by atoms with E-state index in [-0.39, 0.29) is 11.5 Å². The Bertz CT molecular complexity index is 1220. The van der Waals surface area contributed by atoms with Crippen molar-refractivity contribution < 1.29 is 27.4 Å². The second kappa shape index (κ2) is 8.45. The molecule has 1 amide bonds. The molecule has 1 aliphatic rings. The van der Waals surface area contributed by atoms with E-state index in [1.54, 1.807) is 25.1 Å². The largest absolute Gasteiger partial charge is 0.497 e. The van der Waals surface area contributed by atoms with Crippen molar-refractivity contribution in [2.45, 2.75) is 19.1 Å². The molecule has 0 radical (unpaired) electrons. The molecule has 3 aromatic rings. The van der Waals surface area contributed by atoms with Crippen LogP contribution in [0.3, 0.4) is 0 Å². The summed E-state index contributed by atoms with van der Waals surface area (Å²) in [5.74, 6) is 0.645. The Morgan fingerprint density at radius 1 is 1.12 bits per heavy atom. The number of carbonyl (C=O) groups excluding carboxylic acids is 1. The number of ether oxygens (including phenoxy) is 2. The predicted octanol–water partition coefficient (Wildman–Crippen LogP) is 3.64. The van der Waals surface area contributed by atoms with Gasteiger partial charge >= 0.3 is 6.18 Å². The molecule has 0 spiro atoms. The van der Waals surface area contributed by atoms with Crippen molar-refractivity contribution in [2.24, 2.45) is 0 Å². The Kier molecular flexibility index (Phi) is 5.66. The van der Waals surface area contributed by atoms with Crippen LogP contribution < -0.4 is 20.1 Å². The number of benzene rings is 2. The summed E-state index contributed by atoms with van der Waals surface area (Å²) in [4.78, 5) is 13.4. The van der Waals surface area contributed by atoms with Crippen molar-refractivity contribution in [1.29, 1.82) is 0 Å². The summed E-state index contributed by atoms with van der Waals surface area (Å²) in [5, 5.41) is 17.2. The summed E-state index contributed by atoms with van der Waals surface area (Å²) in [5.41, 5.74) is 0.627. The van der Waals surface area contributed by atoms with E-state index in [4.69, 9.17) is 9.47 Å². The fraction of sp³-hybridized carbons (Fsp3) is 0.238. The van der Waals surface area contributed by atoms with E-state index in [9.17, 15) is 18.0 Å². The number of nitrogens with zero attached hydrogens (tertiary/aromatic N) is 4. The van der Waals surface area contributed by atoms with Crippen LogP contribution in [0.1, 0.15) is 24.1 Å². The van der Waals surface area contributed by atoms with Crippen LogP contribution in [0.15, 0.2) is 53.7 Å². The van der Waals surface area contributed by atoms with Crippen LogP contribution in [0.4, 0.5) is 24.8 Å². The minimum absolute atomic E-state index is 0.222. The summed E-state index contributed by atoms with van der Waals surface area (Å²) in [6.07, 6.45) is -4.48. The predicted molar refractivity (Wildman–Crippen MR) is 112 cm³/mol. The minimum Gasteiger partial charge on any atom is -0.497 e. The monoisotopic (exact) mass is 460 g/mol. The second-order valence-electron chi connectivity index (χ2n) is 7.15. The summed E-state index contributed by atoms with van der Waals surface area (Å²) in [6, 6.07) is 8.57. The summed E-state index contributed by atoms with van der Waals surface area (Å²) < 4.78 is 51.0. The molecule has 1 atom stereocenters. The number of carbonyl (C=O) groups is 1. The first-order valence-corrected chi connectivity index (χ1v) is 9.69. The molecule has 0 bridgehead atoms. The average Bonchev–Trinajstić information content (AvgIpc) is 3.25. The highest BCUT2D eigenvalue weighted by Gasteiger charge is 2.35. The van der Waals surface area contributed by atoms with Crippen LogP contribution in [0, 0.1) is 0 Å². The zero-order valence-corrected chi connectivity index (χ0v) is 17.8. The van der Waals surface area contributed by atoms with Gasteiger partial charge < -0.3 is 20.1 Å². The van der Waals surface area contributed by atoms with Crippen LogP contribution in [0.2, 0.25) is 0 Å². The van der Waals surface area contributed by atoms with Crippen molar-refractivity contribution in [3.8, 4) is 11.5 Å². The fourth-order valence-electron chi connectivity index (χ4n) is 3.57. The number of halogens is 3. The van der Waals surface area contributed by atoms with Crippen LogP contribution in [0.5, 0.6) is 11.5 Å². The maximum absolute atomic E-state index is 13.4. The molecule has 0 saturated heterocycles. The average molecular weight is 460 g/mol. The second-order valence-corrected chi connectivity index (χ2v) is 7.15. The lowest BCUT2D eigenvalue weighted by atomic mass is 9.94. The summed E-state index contributed by atoms with van der Waals surface area (Å²) in [7, 11) is 2.95. The van der Waals surface area contributed by atoms with E-state index in [0.717, 1.165) is 12.1 Å². The number of tetrazole rings is 1. The van der Waals surface area contributed by atoms with Crippen LogP contribution in [0.25, 0.3) is 0 Å². The van der Waals surface area contributed by atoms with E-state index >= 15 is 0 Å². The highest BCUT2D eigenvalue weighted by molar-refractivity contribution is 6.06. The van der Waals surface area contributed by atoms with Gasteiger partial charge in [-0.2, -0.15) is 17.9 Å². The number of fused-ring (bicyclic) bond motifs is 1. The highest BCUT2D eigenvalue weighted by atomic mass is 19.4. The first-order valence-electron chi connectivity index (χ1n) is 9.69. The molecule has 0 saturated carbocycles. The molecule has 9 nitrogen and oxygen atoms in total. The number of rotatable bonds is 5. The number of methoxy groups -OCH3 is 2.